The van der Waals surface area contributed by atoms with E-state index in [9.17, 15) is 4.39 Å². The molecule has 0 saturated heterocycles. The Kier molecular flexibility index (Phi) is 5.01. The van der Waals surface area contributed by atoms with Crippen molar-refractivity contribution in [3.05, 3.63) is 40.7 Å². The molecule has 0 aliphatic rings. The van der Waals surface area contributed by atoms with Gasteiger partial charge in [0.05, 0.1) is 12.3 Å². The maximum Gasteiger partial charge on any atom is 0.124 e. The van der Waals surface area contributed by atoms with Crippen molar-refractivity contribution in [1.29, 1.82) is 0 Å². The van der Waals surface area contributed by atoms with Gasteiger partial charge in [0, 0.05) is 24.1 Å². The van der Waals surface area contributed by atoms with E-state index in [1.165, 1.54) is 17.0 Å². The van der Waals surface area contributed by atoms with Crippen molar-refractivity contribution in [2.24, 2.45) is 0 Å². The molecule has 0 saturated carbocycles. The molecule has 0 radical (unpaired) electrons. The molecule has 0 amide bonds. The monoisotopic (exact) mass is 280 g/mol. The molecule has 0 aliphatic carbocycles. The second-order valence-corrected chi connectivity index (χ2v) is 5.19. The average Bonchev–Trinajstić information content (AvgIpc) is 2.81. The molecular weight excluding hydrogens is 263 g/mol. The standard InChI is InChI=1S/C14H17FN2OS/c1-3-16-8-13-12(9-18-2)17-14(19-13)10-4-6-11(15)7-5-10/h4-7,16H,3,8-9H2,1-2H3. The Hall–Kier alpha value is -1.30. The Morgan fingerprint density at radius 3 is 2.68 bits per heavy atom. The number of thiazole rings is 1. The molecule has 3 nitrogen and oxygen atoms in total. The summed E-state index contributed by atoms with van der Waals surface area (Å²) < 4.78 is 18.1. The molecule has 1 aromatic heterocycles. The zero-order chi connectivity index (χ0) is 13.7. The van der Waals surface area contributed by atoms with Crippen LogP contribution in [0.4, 0.5) is 4.39 Å². The third kappa shape index (κ3) is 3.59. The molecule has 2 rings (SSSR count). The number of hydrogen-bond donors (Lipinski definition) is 1. The summed E-state index contributed by atoms with van der Waals surface area (Å²) in [5.74, 6) is -0.231. The van der Waals surface area contributed by atoms with Gasteiger partial charge in [0.2, 0.25) is 0 Å². The number of methoxy groups -OCH3 is 1. The highest BCUT2D eigenvalue weighted by Gasteiger charge is 2.12. The highest BCUT2D eigenvalue weighted by molar-refractivity contribution is 7.15. The number of ether oxygens (including phenoxy) is 1. The number of rotatable bonds is 6. The van der Waals surface area contributed by atoms with Crippen molar-refractivity contribution in [3.63, 3.8) is 0 Å². The van der Waals surface area contributed by atoms with Crippen LogP contribution >= 0.6 is 11.3 Å². The summed E-state index contributed by atoms with van der Waals surface area (Å²) in [6.07, 6.45) is 0. The predicted molar refractivity (Wildman–Crippen MR) is 75.6 cm³/mol. The van der Waals surface area contributed by atoms with E-state index in [0.717, 1.165) is 29.4 Å². The van der Waals surface area contributed by atoms with Gasteiger partial charge in [-0.1, -0.05) is 6.92 Å². The van der Waals surface area contributed by atoms with Crippen LogP contribution in [0.3, 0.4) is 0 Å². The van der Waals surface area contributed by atoms with Crippen molar-refractivity contribution >= 4 is 11.3 Å². The summed E-state index contributed by atoms with van der Waals surface area (Å²) in [6.45, 7) is 4.26. The topological polar surface area (TPSA) is 34.2 Å². The third-order valence-corrected chi connectivity index (χ3v) is 3.83. The summed E-state index contributed by atoms with van der Waals surface area (Å²) >= 11 is 1.62. The van der Waals surface area contributed by atoms with Gasteiger partial charge in [-0.15, -0.1) is 11.3 Å². The van der Waals surface area contributed by atoms with Crippen LogP contribution < -0.4 is 5.32 Å². The van der Waals surface area contributed by atoms with Crippen LogP contribution in [0.15, 0.2) is 24.3 Å². The van der Waals surface area contributed by atoms with Crippen LogP contribution in [-0.2, 0) is 17.9 Å². The lowest BCUT2D eigenvalue weighted by atomic mass is 10.2. The molecule has 1 aromatic carbocycles. The van der Waals surface area contributed by atoms with Crippen molar-refractivity contribution in [2.45, 2.75) is 20.1 Å². The van der Waals surface area contributed by atoms with Gasteiger partial charge < -0.3 is 10.1 Å². The maximum absolute atomic E-state index is 12.9. The van der Waals surface area contributed by atoms with Crippen LogP contribution in [0, 0.1) is 5.82 Å². The second-order valence-electron chi connectivity index (χ2n) is 4.11. The number of nitrogens with one attached hydrogen (secondary N) is 1. The molecule has 0 atom stereocenters. The van der Waals surface area contributed by atoms with E-state index in [0.29, 0.717) is 6.61 Å². The van der Waals surface area contributed by atoms with Gasteiger partial charge in [-0.2, -0.15) is 0 Å². The van der Waals surface area contributed by atoms with Crippen molar-refractivity contribution in [3.8, 4) is 10.6 Å². The van der Waals surface area contributed by atoms with E-state index in [-0.39, 0.29) is 5.82 Å². The zero-order valence-electron chi connectivity index (χ0n) is 11.1. The van der Waals surface area contributed by atoms with Gasteiger partial charge in [0.15, 0.2) is 0 Å². The van der Waals surface area contributed by atoms with Gasteiger partial charge in [-0.25, -0.2) is 9.37 Å². The number of aromatic nitrogens is 1. The van der Waals surface area contributed by atoms with Gasteiger partial charge >= 0.3 is 0 Å². The number of nitrogens with zero attached hydrogens (tertiary/aromatic N) is 1. The first-order valence-electron chi connectivity index (χ1n) is 6.18. The molecule has 0 aliphatic heterocycles. The molecule has 102 valence electrons. The van der Waals surface area contributed by atoms with Crippen molar-refractivity contribution in [2.75, 3.05) is 13.7 Å². The van der Waals surface area contributed by atoms with Crippen molar-refractivity contribution < 1.29 is 9.13 Å². The van der Waals surface area contributed by atoms with Crippen molar-refractivity contribution in [1.82, 2.24) is 10.3 Å². The first kappa shape index (κ1) is 14.1. The Balaban J connectivity index is 2.27. The Morgan fingerprint density at radius 1 is 1.32 bits per heavy atom. The zero-order valence-corrected chi connectivity index (χ0v) is 11.9. The van der Waals surface area contributed by atoms with E-state index < -0.39 is 0 Å². The molecule has 19 heavy (non-hydrogen) atoms. The summed E-state index contributed by atoms with van der Waals surface area (Å²) in [6, 6.07) is 6.41. The first-order valence-corrected chi connectivity index (χ1v) is 7.00. The van der Waals surface area contributed by atoms with Gasteiger partial charge in [-0.3, -0.25) is 0 Å². The van der Waals surface area contributed by atoms with Gasteiger partial charge in [-0.05, 0) is 30.8 Å². The summed E-state index contributed by atoms with van der Waals surface area (Å²) in [7, 11) is 1.66. The fraction of sp³-hybridized carbons (Fsp3) is 0.357. The normalized spacial score (nSPS) is 10.9. The lowest BCUT2D eigenvalue weighted by molar-refractivity contribution is 0.181. The van der Waals surface area contributed by atoms with Gasteiger partial charge in [0.1, 0.15) is 10.8 Å². The molecule has 2 aromatic rings. The largest absolute Gasteiger partial charge is 0.378 e. The molecule has 0 fully saturated rings. The fourth-order valence-electron chi connectivity index (χ4n) is 1.73. The lowest BCUT2D eigenvalue weighted by Crippen LogP contribution is -2.12. The highest BCUT2D eigenvalue weighted by atomic mass is 32.1. The van der Waals surface area contributed by atoms with E-state index in [1.54, 1.807) is 30.6 Å². The minimum Gasteiger partial charge on any atom is -0.378 e. The highest BCUT2D eigenvalue weighted by Crippen LogP contribution is 2.28. The number of hydrogen-bond acceptors (Lipinski definition) is 4. The lowest BCUT2D eigenvalue weighted by Gasteiger charge is -2.00. The molecular formula is C14H17FN2OS. The molecule has 1 N–H and O–H groups in total. The van der Waals surface area contributed by atoms with E-state index >= 15 is 0 Å². The summed E-state index contributed by atoms with van der Waals surface area (Å²) in [4.78, 5) is 5.75. The van der Waals surface area contributed by atoms with Crippen LogP contribution in [-0.4, -0.2) is 18.6 Å². The third-order valence-electron chi connectivity index (χ3n) is 2.69. The minimum atomic E-state index is -0.231. The predicted octanol–water partition coefficient (Wildman–Crippen LogP) is 3.21. The van der Waals surface area contributed by atoms with Crippen LogP contribution in [0.1, 0.15) is 17.5 Å². The average molecular weight is 280 g/mol. The quantitative estimate of drug-likeness (QED) is 0.882. The fourth-order valence-corrected chi connectivity index (χ4v) is 2.77. The minimum absolute atomic E-state index is 0.231. The van der Waals surface area contributed by atoms with E-state index in [2.05, 4.69) is 17.2 Å². The van der Waals surface area contributed by atoms with E-state index in [1.807, 2.05) is 0 Å². The molecule has 0 unspecified atom stereocenters. The van der Waals surface area contributed by atoms with E-state index in [4.69, 9.17) is 4.74 Å². The smallest absolute Gasteiger partial charge is 0.124 e. The van der Waals surface area contributed by atoms with Crippen LogP contribution in [0.2, 0.25) is 0 Å². The first-order chi connectivity index (χ1) is 9.24. The Bertz CT molecular complexity index is 525. The molecule has 1 heterocycles. The summed E-state index contributed by atoms with van der Waals surface area (Å²) in [5, 5.41) is 4.19. The molecule has 5 heteroatoms. The molecule has 0 bridgehead atoms. The SMILES string of the molecule is CCNCc1sc(-c2ccc(F)cc2)nc1COC. The van der Waals surface area contributed by atoms with Gasteiger partial charge in [0.25, 0.3) is 0 Å². The number of benzene rings is 1. The Morgan fingerprint density at radius 2 is 2.05 bits per heavy atom. The maximum atomic E-state index is 12.9. The molecule has 0 spiro atoms. The summed E-state index contributed by atoms with van der Waals surface area (Å²) in [5.41, 5.74) is 1.89. The van der Waals surface area contributed by atoms with Crippen LogP contribution in [0.5, 0.6) is 0 Å². The second kappa shape index (κ2) is 6.75. The van der Waals surface area contributed by atoms with Crippen LogP contribution in [0.25, 0.3) is 10.6 Å². The number of halogens is 1. The Labute approximate surface area is 116 Å².